The van der Waals surface area contributed by atoms with E-state index < -0.39 is 0 Å². The molecule has 0 spiro atoms. The summed E-state index contributed by atoms with van der Waals surface area (Å²) in [5.74, 6) is 0.865. The zero-order chi connectivity index (χ0) is 11.4. The molecule has 0 fully saturated rings. The number of anilines is 1. The van der Waals surface area contributed by atoms with Crippen LogP contribution in [0.2, 0.25) is 5.02 Å². The number of thiophene rings is 1. The lowest BCUT2D eigenvalue weighted by Gasteiger charge is -2.15. The molecule has 84 valence electrons. The van der Waals surface area contributed by atoms with E-state index in [4.69, 9.17) is 11.6 Å². The van der Waals surface area contributed by atoms with Gasteiger partial charge in [0.2, 0.25) is 0 Å². The number of hydrogen-bond acceptors (Lipinski definition) is 3. The fraction of sp³-hybridized carbons (Fsp3) is 0.250. The van der Waals surface area contributed by atoms with Gasteiger partial charge in [-0.2, -0.15) is 0 Å². The van der Waals surface area contributed by atoms with Crippen LogP contribution in [0.15, 0.2) is 35.8 Å². The van der Waals surface area contributed by atoms with Crippen LogP contribution in [-0.2, 0) is 0 Å². The first-order valence-electron chi connectivity index (χ1n) is 5.21. The first-order chi connectivity index (χ1) is 7.79. The molecule has 0 aliphatic carbocycles. The minimum absolute atomic E-state index is 0.327. The molecule has 2 rings (SSSR count). The summed E-state index contributed by atoms with van der Waals surface area (Å²) in [5.41, 5.74) is 0. The minimum Gasteiger partial charge on any atom is -0.362 e. The van der Waals surface area contributed by atoms with Crippen molar-refractivity contribution in [2.24, 2.45) is 0 Å². The maximum atomic E-state index is 5.79. The van der Waals surface area contributed by atoms with Gasteiger partial charge in [-0.15, -0.1) is 11.3 Å². The summed E-state index contributed by atoms with van der Waals surface area (Å²) in [6.45, 7) is 2.16. The smallest absolute Gasteiger partial charge is 0.126 e. The Morgan fingerprint density at radius 3 is 2.88 bits per heavy atom. The number of halogens is 1. The van der Waals surface area contributed by atoms with Gasteiger partial charge in [-0.1, -0.05) is 24.6 Å². The lowest BCUT2D eigenvalue weighted by molar-refractivity contribution is 0.759. The van der Waals surface area contributed by atoms with E-state index in [-0.39, 0.29) is 0 Å². The first kappa shape index (κ1) is 11.4. The molecule has 2 heterocycles. The lowest BCUT2D eigenvalue weighted by atomic mass is 10.2. The van der Waals surface area contributed by atoms with Crippen LogP contribution in [0.3, 0.4) is 0 Å². The predicted molar refractivity (Wildman–Crippen MR) is 70.2 cm³/mol. The molecule has 0 aliphatic heterocycles. The maximum Gasteiger partial charge on any atom is 0.126 e. The third-order valence-corrected chi connectivity index (χ3v) is 3.55. The Morgan fingerprint density at radius 1 is 1.44 bits per heavy atom. The van der Waals surface area contributed by atoms with E-state index in [1.807, 2.05) is 12.1 Å². The zero-order valence-corrected chi connectivity index (χ0v) is 10.6. The van der Waals surface area contributed by atoms with E-state index in [1.165, 1.54) is 4.88 Å². The Balaban J connectivity index is 2.10. The Bertz CT molecular complexity index is 425. The molecule has 2 nitrogen and oxygen atoms in total. The van der Waals surface area contributed by atoms with E-state index in [0.717, 1.165) is 12.2 Å². The first-order valence-corrected chi connectivity index (χ1v) is 6.47. The third-order valence-electron chi connectivity index (χ3n) is 2.34. The van der Waals surface area contributed by atoms with E-state index >= 15 is 0 Å². The van der Waals surface area contributed by atoms with E-state index in [1.54, 1.807) is 17.5 Å². The third kappa shape index (κ3) is 2.74. The molecule has 0 amide bonds. The predicted octanol–water partition coefficient (Wildman–Crippen LogP) is 4.36. The van der Waals surface area contributed by atoms with Gasteiger partial charge in [-0.3, -0.25) is 0 Å². The summed E-state index contributed by atoms with van der Waals surface area (Å²) in [6.07, 6.45) is 2.69. The van der Waals surface area contributed by atoms with Crippen LogP contribution in [0, 0.1) is 0 Å². The maximum absolute atomic E-state index is 5.79. The van der Waals surface area contributed by atoms with Crippen molar-refractivity contribution < 1.29 is 0 Å². The Kier molecular flexibility index (Phi) is 3.80. The van der Waals surface area contributed by atoms with Crippen molar-refractivity contribution in [1.29, 1.82) is 0 Å². The molecule has 16 heavy (non-hydrogen) atoms. The van der Waals surface area contributed by atoms with E-state index in [9.17, 15) is 0 Å². The van der Waals surface area contributed by atoms with Gasteiger partial charge >= 0.3 is 0 Å². The molecule has 4 heteroatoms. The molecule has 1 atom stereocenters. The summed E-state index contributed by atoms with van der Waals surface area (Å²) in [7, 11) is 0. The standard InChI is InChI=1S/C12H13ClN2S/c1-2-10(11-4-3-7-16-11)15-12-6-5-9(13)8-14-12/h3-8,10H,2H2,1H3,(H,14,15). The van der Waals surface area contributed by atoms with Gasteiger partial charge in [0.25, 0.3) is 0 Å². The molecule has 0 aromatic carbocycles. The number of aromatic nitrogens is 1. The fourth-order valence-corrected chi connectivity index (χ4v) is 2.48. The second-order valence-corrected chi connectivity index (χ2v) is 4.90. The highest BCUT2D eigenvalue weighted by molar-refractivity contribution is 7.10. The van der Waals surface area contributed by atoms with Crippen molar-refractivity contribution in [3.8, 4) is 0 Å². The number of pyridine rings is 1. The van der Waals surface area contributed by atoms with E-state index in [2.05, 4.69) is 34.7 Å². The fourth-order valence-electron chi connectivity index (χ4n) is 1.50. The normalized spacial score (nSPS) is 12.4. The van der Waals surface area contributed by atoms with Gasteiger partial charge in [-0.05, 0) is 30.0 Å². The lowest BCUT2D eigenvalue weighted by Crippen LogP contribution is -2.08. The number of nitrogens with one attached hydrogen (secondary N) is 1. The van der Waals surface area contributed by atoms with Gasteiger partial charge in [0, 0.05) is 11.1 Å². The topological polar surface area (TPSA) is 24.9 Å². The molecule has 1 unspecified atom stereocenters. The van der Waals surface area contributed by atoms with Crippen LogP contribution in [-0.4, -0.2) is 4.98 Å². The molecular weight excluding hydrogens is 240 g/mol. The zero-order valence-electron chi connectivity index (χ0n) is 8.98. The monoisotopic (exact) mass is 252 g/mol. The quantitative estimate of drug-likeness (QED) is 0.875. The number of nitrogens with zero attached hydrogens (tertiary/aromatic N) is 1. The molecule has 0 aliphatic rings. The van der Waals surface area contributed by atoms with Gasteiger partial charge in [0.1, 0.15) is 5.82 Å². The summed E-state index contributed by atoms with van der Waals surface area (Å²) >= 11 is 7.56. The summed E-state index contributed by atoms with van der Waals surface area (Å²) in [6, 6.07) is 8.28. The Morgan fingerprint density at radius 2 is 2.31 bits per heavy atom. The van der Waals surface area contributed by atoms with Crippen LogP contribution in [0.25, 0.3) is 0 Å². The molecule has 0 saturated carbocycles. The second-order valence-electron chi connectivity index (χ2n) is 3.48. The molecule has 1 N–H and O–H groups in total. The Hall–Kier alpha value is -1.06. The van der Waals surface area contributed by atoms with Crippen molar-refractivity contribution in [3.05, 3.63) is 45.7 Å². The molecule has 0 bridgehead atoms. The van der Waals surface area contributed by atoms with Crippen molar-refractivity contribution in [1.82, 2.24) is 4.98 Å². The summed E-state index contributed by atoms with van der Waals surface area (Å²) in [5, 5.41) is 6.15. The van der Waals surface area contributed by atoms with Crippen LogP contribution in [0.1, 0.15) is 24.3 Å². The van der Waals surface area contributed by atoms with E-state index in [0.29, 0.717) is 11.1 Å². The van der Waals surface area contributed by atoms with Crippen LogP contribution >= 0.6 is 22.9 Å². The second kappa shape index (κ2) is 5.32. The summed E-state index contributed by atoms with van der Waals surface area (Å²) in [4.78, 5) is 5.57. The molecule has 2 aromatic heterocycles. The average molecular weight is 253 g/mol. The number of rotatable bonds is 4. The van der Waals surface area contributed by atoms with Crippen LogP contribution < -0.4 is 5.32 Å². The van der Waals surface area contributed by atoms with Gasteiger partial charge < -0.3 is 5.32 Å². The Labute approximate surface area is 104 Å². The van der Waals surface area contributed by atoms with Crippen molar-refractivity contribution in [2.75, 3.05) is 5.32 Å². The largest absolute Gasteiger partial charge is 0.362 e. The van der Waals surface area contributed by atoms with Crippen LogP contribution in [0.5, 0.6) is 0 Å². The molecular formula is C12H13ClN2S. The molecule has 2 aromatic rings. The molecule has 0 radical (unpaired) electrons. The highest BCUT2D eigenvalue weighted by Crippen LogP contribution is 2.25. The van der Waals surface area contributed by atoms with Gasteiger partial charge in [-0.25, -0.2) is 4.98 Å². The van der Waals surface area contributed by atoms with Gasteiger partial charge in [0.15, 0.2) is 0 Å². The van der Waals surface area contributed by atoms with Crippen molar-refractivity contribution in [3.63, 3.8) is 0 Å². The van der Waals surface area contributed by atoms with Gasteiger partial charge in [0.05, 0.1) is 11.1 Å². The highest BCUT2D eigenvalue weighted by Gasteiger charge is 2.10. The SMILES string of the molecule is CCC(Nc1ccc(Cl)cn1)c1cccs1. The van der Waals surface area contributed by atoms with Crippen molar-refractivity contribution >= 4 is 28.8 Å². The van der Waals surface area contributed by atoms with Crippen molar-refractivity contribution in [2.45, 2.75) is 19.4 Å². The van der Waals surface area contributed by atoms with Crippen LogP contribution in [0.4, 0.5) is 5.82 Å². The number of hydrogen-bond donors (Lipinski definition) is 1. The molecule has 0 saturated heterocycles. The average Bonchev–Trinajstić information content (AvgIpc) is 2.82. The summed E-state index contributed by atoms with van der Waals surface area (Å²) < 4.78 is 0. The highest BCUT2D eigenvalue weighted by atomic mass is 35.5. The minimum atomic E-state index is 0.327.